The predicted molar refractivity (Wildman–Crippen MR) is 70.2 cm³/mol. The number of nitrogens with two attached hydrogens (primary N) is 1. The van der Waals surface area contributed by atoms with Crippen LogP contribution in [-0.4, -0.2) is 16.2 Å². The highest BCUT2D eigenvalue weighted by Gasteiger charge is 2.14. The number of benzene rings is 1. The van der Waals surface area contributed by atoms with Crippen molar-refractivity contribution in [3.63, 3.8) is 0 Å². The molecule has 1 aromatic heterocycles. The van der Waals surface area contributed by atoms with E-state index in [0.717, 1.165) is 11.6 Å². The Morgan fingerprint density at radius 2 is 2.17 bits per heavy atom. The van der Waals surface area contributed by atoms with Crippen molar-refractivity contribution >= 4 is 11.6 Å². The Labute approximate surface area is 110 Å². The van der Waals surface area contributed by atoms with Gasteiger partial charge in [-0.05, 0) is 24.3 Å². The second-order valence-corrected chi connectivity index (χ2v) is 4.32. The van der Waals surface area contributed by atoms with Gasteiger partial charge in [0.05, 0.1) is 0 Å². The summed E-state index contributed by atoms with van der Waals surface area (Å²) in [6.45, 7) is 0.392. The predicted octanol–water partition coefficient (Wildman–Crippen LogP) is 1.66. The highest BCUT2D eigenvalue weighted by molar-refractivity contribution is 6.30. The summed E-state index contributed by atoms with van der Waals surface area (Å²) in [6, 6.07) is 7.02. The van der Waals surface area contributed by atoms with Crippen LogP contribution in [0.2, 0.25) is 5.02 Å². The molecule has 2 rings (SSSR count). The highest BCUT2D eigenvalue weighted by atomic mass is 35.5. The Balaban J connectivity index is 2.00. The van der Waals surface area contributed by atoms with Crippen molar-refractivity contribution in [3.05, 3.63) is 47.5 Å². The van der Waals surface area contributed by atoms with E-state index in [1.807, 2.05) is 29.9 Å². The monoisotopic (exact) mass is 266 g/mol. The molecule has 3 N–H and O–H groups in total. The van der Waals surface area contributed by atoms with Crippen molar-refractivity contribution in [1.29, 1.82) is 0 Å². The molecule has 5 nitrogen and oxygen atoms in total. The van der Waals surface area contributed by atoms with Gasteiger partial charge in [0.15, 0.2) is 0 Å². The van der Waals surface area contributed by atoms with Gasteiger partial charge in [-0.2, -0.15) is 0 Å². The van der Waals surface area contributed by atoms with Crippen LogP contribution in [0.5, 0.6) is 5.75 Å². The molecule has 18 heavy (non-hydrogen) atoms. The van der Waals surface area contributed by atoms with Gasteiger partial charge in [0, 0.05) is 24.5 Å². The van der Waals surface area contributed by atoms with E-state index in [1.54, 1.807) is 18.3 Å². The summed E-state index contributed by atoms with van der Waals surface area (Å²) in [6.07, 6.45) is 3.59. The average molecular weight is 267 g/mol. The summed E-state index contributed by atoms with van der Waals surface area (Å²) in [5.41, 5.74) is 2.69. The fraction of sp³-hybridized carbons (Fsp3) is 0.250. The zero-order valence-corrected chi connectivity index (χ0v) is 10.8. The maximum Gasteiger partial charge on any atom is 0.130 e. The van der Waals surface area contributed by atoms with Crippen LogP contribution in [-0.2, 0) is 7.05 Å². The smallest absolute Gasteiger partial charge is 0.130 e. The van der Waals surface area contributed by atoms with Crippen LogP contribution in [0.1, 0.15) is 11.9 Å². The molecule has 0 bridgehead atoms. The van der Waals surface area contributed by atoms with Gasteiger partial charge < -0.3 is 9.30 Å². The number of rotatable bonds is 5. The zero-order valence-electron chi connectivity index (χ0n) is 10.0. The largest absolute Gasteiger partial charge is 0.491 e. The number of halogens is 1. The Morgan fingerprint density at radius 1 is 1.44 bits per heavy atom. The van der Waals surface area contributed by atoms with Crippen LogP contribution in [0, 0.1) is 0 Å². The topological polar surface area (TPSA) is 65.1 Å². The summed E-state index contributed by atoms with van der Waals surface area (Å²) in [7, 11) is 1.91. The minimum absolute atomic E-state index is 0.166. The highest BCUT2D eigenvalue weighted by Crippen LogP contribution is 2.17. The number of aromatic nitrogens is 2. The number of hydrogen-bond donors (Lipinski definition) is 2. The van der Waals surface area contributed by atoms with Crippen LogP contribution in [0.25, 0.3) is 0 Å². The third kappa shape index (κ3) is 3.01. The molecule has 2 aromatic rings. The van der Waals surface area contributed by atoms with Crippen LogP contribution in [0.4, 0.5) is 0 Å². The van der Waals surface area contributed by atoms with Gasteiger partial charge in [-0.15, -0.1) is 0 Å². The van der Waals surface area contributed by atoms with E-state index in [2.05, 4.69) is 10.4 Å². The van der Waals surface area contributed by atoms with Crippen molar-refractivity contribution in [3.8, 4) is 5.75 Å². The van der Waals surface area contributed by atoms with Crippen molar-refractivity contribution in [2.45, 2.75) is 6.04 Å². The molecule has 0 saturated heterocycles. The first kappa shape index (κ1) is 12.9. The van der Waals surface area contributed by atoms with Crippen LogP contribution < -0.4 is 16.0 Å². The Kier molecular flexibility index (Phi) is 4.19. The number of hydrogen-bond acceptors (Lipinski definition) is 4. The lowest BCUT2D eigenvalue weighted by atomic mass is 10.3. The number of ether oxygens (including phenoxy) is 1. The van der Waals surface area contributed by atoms with Gasteiger partial charge in [-0.3, -0.25) is 5.84 Å². The maximum absolute atomic E-state index is 5.80. The third-order valence-electron chi connectivity index (χ3n) is 2.60. The molecule has 96 valence electrons. The van der Waals surface area contributed by atoms with E-state index in [-0.39, 0.29) is 6.04 Å². The van der Waals surface area contributed by atoms with E-state index in [9.17, 15) is 0 Å². The van der Waals surface area contributed by atoms with Crippen molar-refractivity contribution < 1.29 is 4.74 Å². The summed E-state index contributed by atoms with van der Waals surface area (Å²) < 4.78 is 7.54. The first-order chi connectivity index (χ1) is 8.70. The summed E-state index contributed by atoms with van der Waals surface area (Å²) in [5.74, 6) is 7.09. The molecular weight excluding hydrogens is 252 g/mol. The lowest BCUT2D eigenvalue weighted by molar-refractivity contribution is 0.259. The Bertz CT molecular complexity index is 497. The SMILES string of the molecule is Cn1ccnc1C(COc1ccc(Cl)cc1)NN. The van der Waals surface area contributed by atoms with E-state index < -0.39 is 0 Å². The molecule has 0 spiro atoms. The van der Waals surface area contributed by atoms with Crippen molar-refractivity contribution in [2.24, 2.45) is 12.9 Å². The zero-order chi connectivity index (χ0) is 13.0. The molecule has 0 saturated carbocycles. The number of imidazole rings is 1. The lowest BCUT2D eigenvalue weighted by Gasteiger charge is -2.16. The molecule has 1 heterocycles. The van der Waals surface area contributed by atoms with E-state index in [0.29, 0.717) is 11.6 Å². The quantitative estimate of drug-likeness (QED) is 0.638. The summed E-state index contributed by atoms with van der Waals surface area (Å²) in [5, 5.41) is 0.681. The first-order valence-electron chi connectivity index (χ1n) is 5.52. The fourth-order valence-corrected chi connectivity index (χ4v) is 1.75. The van der Waals surface area contributed by atoms with E-state index >= 15 is 0 Å². The molecule has 6 heteroatoms. The van der Waals surface area contributed by atoms with Crippen molar-refractivity contribution in [1.82, 2.24) is 15.0 Å². The standard InChI is InChI=1S/C12H15ClN4O/c1-17-7-6-15-12(17)11(16-14)8-18-10-4-2-9(13)3-5-10/h2-7,11,16H,8,14H2,1H3. The van der Waals surface area contributed by atoms with Gasteiger partial charge in [0.1, 0.15) is 24.2 Å². The molecule has 1 atom stereocenters. The molecule has 0 radical (unpaired) electrons. The van der Waals surface area contributed by atoms with Crippen LogP contribution in [0.3, 0.4) is 0 Å². The van der Waals surface area contributed by atoms with Crippen LogP contribution >= 0.6 is 11.6 Å². The molecule has 0 amide bonds. The third-order valence-corrected chi connectivity index (χ3v) is 2.85. The fourth-order valence-electron chi connectivity index (χ4n) is 1.62. The van der Waals surface area contributed by atoms with E-state index in [1.165, 1.54) is 0 Å². The molecule has 1 unspecified atom stereocenters. The maximum atomic E-state index is 5.80. The van der Waals surface area contributed by atoms with Gasteiger partial charge in [0.2, 0.25) is 0 Å². The van der Waals surface area contributed by atoms with Gasteiger partial charge in [0.25, 0.3) is 0 Å². The van der Waals surface area contributed by atoms with Gasteiger partial charge in [-0.25, -0.2) is 10.4 Å². The van der Waals surface area contributed by atoms with Gasteiger partial charge >= 0.3 is 0 Å². The second kappa shape index (κ2) is 5.86. The second-order valence-electron chi connectivity index (χ2n) is 3.88. The Hall–Kier alpha value is -1.56. The van der Waals surface area contributed by atoms with Gasteiger partial charge in [-0.1, -0.05) is 11.6 Å². The number of aryl methyl sites for hydroxylation is 1. The summed E-state index contributed by atoms with van der Waals surface area (Å²) >= 11 is 5.80. The first-order valence-corrected chi connectivity index (χ1v) is 5.90. The molecule has 0 aliphatic heterocycles. The number of hydrazine groups is 1. The molecule has 0 fully saturated rings. The van der Waals surface area contributed by atoms with Crippen LogP contribution in [0.15, 0.2) is 36.7 Å². The van der Waals surface area contributed by atoms with Crippen molar-refractivity contribution in [2.75, 3.05) is 6.61 Å². The average Bonchev–Trinajstić information content (AvgIpc) is 2.79. The molecule has 1 aromatic carbocycles. The lowest BCUT2D eigenvalue weighted by Crippen LogP contribution is -2.34. The minimum atomic E-state index is -0.166. The molecule has 0 aliphatic rings. The molecule has 0 aliphatic carbocycles. The normalized spacial score (nSPS) is 12.4. The Morgan fingerprint density at radius 3 is 2.72 bits per heavy atom. The summed E-state index contributed by atoms with van der Waals surface area (Å²) in [4.78, 5) is 4.23. The van der Waals surface area contributed by atoms with E-state index in [4.69, 9.17) is 22.2 Å². The molecular formula is C12H15ClN4O. The number of nitrogens with one attached hydrogen (secondary N) is 1. The minimum Gasteiger partial charge on any atom is -0.491 e. The number of nitrogens with zero attached hydrogens (tertiary/aromatic N) is 2.